The Balaban J connectivity index is 2.01. The number of hydrogen-bond acceptors (Lipinski definition) is 5. The van der Waals surface area contributed by atoms with E-state index in [0.717, 1.165) is 45.7 Å². The standard InChI is InChI=1S/C21H27N3O3S/c1-6-8-11-24(7-2)20(25)18-13-15-19(22-23(3)21(15)28-18)14-9-10-16(26-4)17(12-14)27-5/h9-10,12-13H,6-8,11H2,1-5H3. The van der Waals surface area contributed by atoms with Gasteiger partial charge in [0.1, 0.15) is 10.5 Å². The van der Waals surface area contributed by atoms with Crippen molar-refractivity contribution in [2.75, 3.05) is 27.3 Å². The maximum atomic E-state index is 13.0. The van der Waals surface area contributed by atoms with Crippen LogP contribution in [0.15, 0.2) is 24.3 Å². The number of amides is 1. The second-order valence-electron chi connectivity index (χ2n) is 6.61. The van der Waals surface area contributed by atoms with Crippen LogP contribution in [0, 0.1) is 0 Å². The van der Waals surface area contributed by atoms with Crippen molar-refractivity contribution in [2.45, 2.75) is 26.7 Å². The van der Waals surface area contributed by atoms with E-state index in [4.69, 9.17) is 9.47 Å². The fourth-order valence-electron chi connectivity index (χ4n) is 3.25. The Morgan fingerprint density at radius 2 is 1.93 bits per heavy atom. The zero-order valence-electron chi connectivity index (χ0n) is 17.1. The molecule has 0 saturated carbocycles. The van der Waals surface area contributed by atoms with Crippen LogP contribution in [0.5, 0.6) is 11.5 Å². The van der Waals surface area contributed by atoms with Crippen molar-refractivity contribution in [3.05, 3.63) is 29.1 Å². The van der Waals surface area contributed by atoms with E-state index in [1.807, 2.05) is 47.8 Å². The average molecular weight is 402 g/mol. The van der Waals surface area contributed by atoms with Crippen molar-refractivity contribution < 1.29 is 14.3 Å². The van der Waals surface area contributed by atoms with Gasteiger partial charge in [0.15, 0.2) is 11.5 Å². The monoisotopic (exact) mass is 401 g/mol. The van der Waals surface area contributed by atoms with Crippen molar-refractivity contribution >= 4 is 27.5 Å². The van der Waals surface area contributed by atoms with Crippen molar-refractivity contribution in [1.82, 2.24) is 14.7 Å². The Hall–Kier alpha value is -2.54. The summed E-state index contributed by atoms with van der Waals surface area (Å²) in [5.41, 5.74) is 1.77. The maximum absolute atomic E-state index is 13.0. The summed E-state index contributed by atoms with van der Waals surface area (Å²) >= 11 is 1.50. The molecular formula is C21H27N3O3S. The third-order valence-electron chi connectivity index (χ3n) is 4.83. The molecule has 150 valence electrons. The fraction of sp³-hybridized carbons (Fsp3) is 0.429. The van der Waals surface area contributed by atoms with Crippen LogP contribution in [0.2, 0.25) is 0 Å². The van der Waals surface area contributed by atoms with Gasteiger partial charge in [-0.2, -0.15) is 5.10 Å². The summed E-state index contributed by atoms with van der Waals surface area (Å²) in [5, 5.41) is 5.65. The number of unbranched alkanes of at least 4 members (excludes halogenated alkanes) is 1. The average Bonchev–Trinajstić information content (AvgIpc) is 3.28. The molecule has 0 atom stereocenters. The molecule has 0 N–H and O–H groups in total. The van der Waals surface area contributed by atoms with Crippen LogP contribution in [0.1, 0.15) is 36.4 Å². The highest BCUT2D eigenvalue weighted by Crippen LogP contribution is 2.37. The molecule has 2 aromatic heterocycles. The summed E-state index contributed by atoms with van der Waals surface area (Å²) in [5.74, 6) is 1.42. The van der Waals surface area contributed by atoms with Gasteiger partial charge >= 0.3 is 0 Å². The highest BCUT2D eigenvalue weighted by Gasteiger charge is 2.21. The zero-order chi connectivity index (χ0) is 20.3. The van der Waals surface area contributed by atoms with Gasteiger partial charge in [-0.1, -0.05) is 13.3 Å². The van der Waals surface area contributed by atoms with E-state index < -0.39 is 0 Å². The van der Waals surface area contributed by atoms with E-state index in [0.29, 0.717) is 18.0 Å². The number of methoxy groups -OCH3 is 2. The Bertz CT molecular complexity index is 977. The van der Waals surface area contributed by atoms with Crippen LogP contribution in [-0.2, 0) is 7.05 Å². The number of aromatic nitrogens is 2. The maximum Gasteiger partial charge on any atom is 0.264 e. The van der Waals surface area contributed by atoms with Gasteiger partial charge in [0.25, 0.3) is 5.91 Å². The Labute approximate surface area is 169 Å². The first-order chi connectivity index (χ1) is 13.5. The second kappa shape index (κ2) is 8.65. The first-order valence-corrected chi connectivity index (χ1v) is 10.3. The van der Waals surface area contributed by atoms with Gasteiger partial charge in [0.2, 0.25) is 0 Å². The minimum atomic E-state index is 0.0930. The molecule has 0 aliphatic heterocycles. The molecule has 0 aliphatic carbocycles. The van der Waals surface area contributed by atoms with Gasteiger partial charge in [-0.25, -0.2) is 0 Å². The SMILES string of the molecule is CCCCN(CC)C(=O)c1cc2c(-c3ccc(OC)c(OC)c3)nn(C)c2s1. The number of nitrogens with zero attached hydrogens (tertiary/aromatic N) is 3. The lowest BCUT2D eigenvalue weighted by Crippen LogP contribution is -2.31. The Kier molecular flexibility index (Phi) is 6.24. The molecule has 1 amide bonds. The highest BCUT2D eigenvalue weighted by atomic mass is 32.1. The van der Waals surface area contributed by atoms with E-state index in [-0.39, 0.29) is 5.91 Å². The quantitative estimate of drug-likeness (QED) is 0.554. The van der Waals surface area contributed by atoms with Crippen LogP contribution in [0.25, 0.3) is 21.5 Å². The molecular weight excluding hydrogens is 374 g/mol. The van der Waals surface area contributed by atoms with E-state index in [1.165, 1.54) is 11.3 Å². The van der Waals surface area contributed by atoms with Crippen LogP contribution < -0.4 is 9.47 Å². The first-order valence-electron chi connectivity index (χ1n) is 9.52. The summed E-state index contributed by atoms with van der Waals surface area (Å²) in [6.45, 7) is 5.67. The molecule has 0 bridgehead atoms. The van der Waals surface area contributed by atoms with Gasteiger partial charge in [0, 0.05) is 31.1 Å². The molecule has 0 unspecified atom stereocenters. The fourth-order valence-corrected chi connectivity index (χ4v) is 4.29. The van der Waals surface area contributed by atoms with Crippen LogP contribution in [0.3, 0.4) is 0 Å². The molecule has 0 spiro atoms. The van der Waals surface area contributed by atoms with Gasteiger partial charge in [-0.15, -0.1) is 11.3 Å². The number of fused-ring (bicyclic) bond motifs is 1. The Morgan fingerprint density at radius 3 is 2.57 bits per heavy atom. The number of rotatable bonds is 8. The molecule has 0 aliphatic rings. The molecule has 0 saturated heterocycles. The number of carbonyl (C=O) groups is 1. The van der Waals surface area contributed by atoms with Gasteiger partial charge in [-0.3, -0.25) is 9.48 Å². The molecule has 6 nitrogen and oxygen atoms in total. The number of hydrogen-bond donors (Lipinski definition) is 0. The largest absolute Gasteiger partial charge is 0.493 e. The van der Waals surface area contributed by atoms with Crippen molar-refractivity contribution in [3.8, 4) is 22.8 Å². The molecule has 28 heavy (non-hydrogen) atoms. The van der Waals surface area contributed by atoms with Crippen LogP contribution >= 0.6 is 11.3 Å². The van der Waals surface area contributed by atoms with E-state index in [9.17, 15) is 4.79 Å². The third kappa shape index (κ3) is 3.71. The summed E-state index contributed by atoms with van der Waals surface area (Å²) in [7, 11) is 5.14. The summed E-state index contributed by atoms with van der Waals surface area (Å²) < 4.78 is 12.6. The lowest BCUT2D eigenvalue weighted by atomic mass is 10.1. The summed E-state index contributed by atoms with van der Waals surface area (Å²) in [6, 6.07) is 7.72. The van der Waals surface area contributed by atoms with Crippen molar-refractivity contribution in [1.29, 1.82) is 0 Å². The molecule has 0 fully saturated rings. The molecule has 3 rings (SSSR count). The third-order valence-corrected chi connectivity index (χ3v) is 6.02. The Morgan fingerprint density at radius 1 is 1.18 bits per heavy atom. The number of thiophene rings is 1. The number of aryl methyl sites for hydroxylation is 1. The van der Waals surface area contributed by atoms with E-state index in [2.05, 4.69) is 12.0 Å². The van der Waals surface area contributed by atoms with Crippen LogP contribution in [0.4, 0.5) is 0 Å². The van der Waals surface area contributed by atoms with Crippen molar-refractivity contribution in [3.63, 3.8) is 0 Å². The van der Waals surface area contributed by atoms with E-state index >= 15 is 0 Å². The predicted octanol–water partition coefficient (Wildman–Crippen LogP) is 4.58. The van der Waals surface area contributed by atoms with Crippen molar-refractivity contribution in [2.24, 2.45) is 7.05 Å². The lowest BCUT2D eigenvalue weighted by molar-refractivity contribution is 0.0767. The number of ether oxygens (including phenoxy) is 2. The molecule has 0 radical (unpaired) electrons. The summed E-state index contributed by atoms with van der Waals surface area (Å²) in [6.07, 6.45) is 2.09. The topological polar surface area (TPSA) is 56.6 Å². The van der Waals surface area contributed by atoms with Gasteiger partial charge in [-0.05, 0) is 37.6 Å². The summed E-state index contributed by atoms with van der Waals surface area (Å²) in [4.78, 5) is 16.6. The lowest BCUT2D eigenvalue weighted by Gasteiger charge is -2.19. The number of benzene rings is 1. The minimum Gasteiger partial charge on any atom is -0.493 e. The number of carbonyl (C=O) groups excluding carboxylic acids is 1. The van der Waals surface area contributed by atoms with E-state index in [1.54, 1.807) is 14.2 Å². The predicted molar refractivity (Wildman–Crippen MR) is 114 cm³/mol. The molecule has 7 heteroatoms. The zero-order valence-corrected chi connectivity index (χ0v) is 17.9. The molecule has 2 heterocycles. The highest BCUT2D eigenvalue weighted by molar-refractivity contribution is 7.20. The van der Waals surface area contributed by atoms with Gasteiger partial charge < -0.3 is 14.4 Å². The molecule has 1 aromatic carbocycles. The second-order valence-corrected chi connectivity index (χ2v) is 7.64. The smallest absolute Gasteiger partial charge is 0.264 e. The van der Waals surface area contributed by atoms with Crippen LogP contribution in [-0.4, -0.2) is 47.9 Å². The molecule has 3 aromatic rings. The first kappa shape index (κ1) is 20.2. The van der Waals surface area contributed by atoms with Gasteiger partial charge in [0.05, 0.1) is 19.1 Å². The normalized spacial score (nSPS) is 11.0. The minimum absolute atomic E-state index is 0.0930.